The van der Waals surface area contributed by atoms with E-state index in [4.69, 9.17) is 0 Å². The number of thiophene rings is 1. The van der Waals surface area contributed by atoms with Crippen molar-refractivity contribution in [3.05, 3.63) is 22.4 Å². The van der Waals surface area contributed by atoms with Gasteiger partial charge in [-0.15, -0.1) is 11.3 Å². The monoisotopic (exact) mass is 252 g/mol. The molecule has 1 saturated carbocycles. The third-order valence-corrected chi connectivity index (χ3v) is 4.16. The number of nitrogens with one attached hydrogen (secondary N) is 1. The van der Waals surface area contributed by atoms with Crippen molar-refractivity contribution < 1.29 is 4.79 Å². The number of hydrogen-bond donors (Lipinski definition) is 1. The van der Waals surface area contributed by atoms with Gasteiger partial charge in [-0.1, -0.05) is 18.9 Å². The van der Waals surface area contributed by atoms with Crippen LogP contribution in [-0.2, 0) is 11.3 Å². The molecular weight excluding hydrogens is 232 g/mol. The highest BCUT2D eigenvalue weighted by Gasteiger charge is 2.16. The number of nitrogens with zero attached hydrogens (tertiary/aromatic N) is 1. The molecule has 0 saturated heterocycles. The molecule has 0 aromatic carbocycles. The van der Waals surface area contributed by atoms with Crippen molar-refractivity contribution >= 4 is 17.2 Å². The van der Waals surface area contributed by atoms with Gasteiger partial charge < -0.3 is 10.2 Å². The number of carbonyl (C=O) groups excluding carboxylic acids is 1. The van der Waals surface area contributed by atoms with Crippen LogP contribution in [0.1, 0.15) is 30.6 Å². The lowest BCUT2D eigenvalue weighted by Crippen LogP contribution is -2.38. The topological polar surface area (TPSA) is 32.3 Å². The minimum absolute atomic E-state index is 0.185. The zero-order chi connectivity index (χ0) is 12.1. The molecule has 1 heterocycles. The lowest BCUT2D eigenvalue weighted by atomic mass is 10.2. The van der Waals surface area contributed by atoms with Gasteiger partial charge >= 0.3 is 0 Å². The molecule has 4 heteroatoms. The first-order valence-electron chi connectivity index (χ1n) is 6.25. The quantitative estimate of drug-likeness (QED) is 0.871. The summed E-state index contributed by atoms with van der Waals surface area (Å²) in [5.74, 6) is 0.185. The predicted octanol–water partition coefficient (Wildman–Crippen LogP) is 2.24. The maximum absolute atomic E-state index is 11.9. The second kappa shape index (κ2) is 6.17. The van der Waals surface area contributed by atoms with E-state index >= 15 is 0 Å². The minimum atomic E-state index is 0.185. The van der Waals surface area contributed by atoms with Crippen LogP contribution in [-0.4, -0.2) is 30.4 Å². The van der Waals surface area contributed by atoms with Crippen molar-refractivity contribution in [1.29, 1.82) is 0 Å². The molecule has 0 unspecified atom stereocenters. The minimum Gasteiger partial charge on any atom is -0.340 e. The van der Waals surface area contributed by atoms with Crippen LogP contribution in [0.15, 0.2) is 17.5 Å². The number of carbonyl (C=O) groups is 1. The molecule has 2 rings (SSSR count). The third-order valence-electron chi connectivity index (χ3n) is 3.30. The fourth-order valence-electron chi connectivity index (χ4n) is 2.22. The molecule has 1 aliphatic carbocycles. The predicted molar refractivity (Wildman–Crippen MR) is 71.1 cm³/mol. The van der Waals surface area contributed by atoms with Crippen molar-refractivity contribution in [1.82, 2.24) is 10.2 Å². The van der Waals surface area contributed by atoms with E-state index in [2.05, 4.69) is 11.4 Å². The molecule has 0 bridgehead atoms. The van der Waals surface area contributed by atoms with E-state index in [1.54, 1.807) is 16.2 Å². The van der Waals surface area contributed by atoms with E-state index in [-0.39, 0.29) is 5.91 Å². The van der Waals surface area contributed by atoms with Crippen molar-refractivity contribution in [2.45, 2.75) is 38.3 Å². The Morgan fingerprint density at radius 2 is 2.29 bits per heavy atom. The van der Waals surface area contributed by atoms with Crippen LogP contribution in [0.3, 0.4) is 0 Å². The summed E-state index contributed by atoms with van der Waals surface area (Å²) in [5, 5.41) is 5.40. The van der Waals surface area contributed by atoms with Gasteiger partial charge in [0.05, 0.1) is 13.1 Å². The van der Waals surface area contributed by atoms with E-state index in [1.807, 2.05) is 18.5 Å². The van der Waals surface area contributed by atoms with E-state index in [0.29, 0.717) is 12.6 Å². The molecule has 0 spiro atoms. The Balaban J connectivity index is 1.71. The Labute approximate surface area is 107 Å². The summed E-state index contributed by atoms with van der Waals surface area (Å²) in [4.78, 5) is 14.9. The highest BCUT2D eigenvalue weighted by Crippen LogP contribution is 2.17. The van der Waals surface area contributed by atoms with Gasteiger partial charge in [-0.05, 0) is 24.3 Å². The highest BCUT2D eigenvalue weighted by atomic mass is 32.1. The van der Waals surface area contributed by atoms with E-state index in [1.165, 1.54) is 30.6 Å². The second-order valence-corrected chi connectivity index (χ2v) is 5.72. The normalized spacial score (nSPS) is 16.3. The van der Waals surface area contributed by atoms with Gasteiger partial charge in [0.1, 0.15) is 0 Å². The molecule has 1 aromatic rings. The summed E-state index contributed by atoms with van der Waals surface area (Å²) < 4.78 is 0. The van der Waals surface area contributed by atoms with Gasteiger partial charge in [-0.2, -0.15) is 0 Å². The van der Waals surface area contributed by atoms with Crippen LogP contribution >= 0.6 is 11.3 Å². The Bertz CT molecular complexity index is 344. The summed E-state index contributed by atoms with van der Waals surface area (Å²) in [6.07, 6.45) is 5.05. The zero-order valence-corrected chi connectivity index (χ0v) is 11.1. The Hall–Kier alpha value is -0.870. The van der Waals surface area contributed by atoms with Gasteiger partial charge in [0, 0.05) is 18.0 Å². The first-order valence-corrected chi connectivity index (χ1v) is 7.13. The van der Waals surface area contributed by atoms with Crippen LogP contribution in [0, 0.1) is 0 Å². The molecule has 3 nitrogen and oxygen atoms in total. The molecule has 1 aliphatic rings. The van der Waals surface area contributed by atoms with Crippen molar-refractivity contribution in [2.75, 3.05) is 13.6 Å². The Kier molecular flexibility index (Phi) is 4.57. The molecule has 0 atom stereocenters. The summed E-state index contributed by atoms with van der Waals surface area (Å²) in [6, 6.07) is 4.66. The lowest BCUT2D eigenvalue weighted by Gasteiger charge is -2.18. The largest absolute Gasteiger partial charge is 0.340 e. The number of likely N-dealkylation sites (N-methyl/N-ethyl adjacent to an activating group) is 1. The van der Waals surface area contributed by atoms with E-state index in [9.17, 15) is 4.79 Å². The van der Waals surface area contributed by atoms with E-state index < -0.39 is 0 Å². The fourth-order valence-corrected chi connectivity index (χ4v) is 2.98. The lowest BCUT2D eigenvalue weighted by molar-refractivity contribution is -0.129. The molecule has 0 radical (unpaired) electrons. The first-order chi connectivity index (χ1) is 8.25. The molecular formula is C13H20N2OS. The average molecular weight is 252 g/mol. The number of amides is 1. The molecule has 1 fully saturated rings. The standard InChI is InChI=1S/C13H20N2OS/c1-15(10-12-7-4-8-17-12)13(16)9-14-11-5-2-3-6-11/h4,7-8,11,14H,2-3,5-6,9-10H2,1H3. The first kappa shape index (κ1) is 12.6. The Morgan fingerprint density at radius 1 is 1.53 bits per heavy atom. The summed E-state index contributed by atoms with van der Waals surface area (Å²) in [5.41, 5.74) is 0. The zero-order valence-electron chi connectivity index (χ0n) is 10.3. The second-order valence-electron chi connectivity index (χ2n) is 4.69. The smallest absolute Gasteiger partial charge is 0.236 e. The molecule has 1 N–H and O–H groups in total. The third kappa shape index (κ3) is 3.82. The van der Waals surface area contributed by atoms with Gasteiger partial charge in [-0.25, -0.2) is 0 Å². The van der Waals surface area contributed by atoms with Crippen molar-refractivity contribution in [3.63, 3.8) is 0 Å². The Morgan fingerprint density at radius 3 is 2.94 bits per heavy atom. The van der Waals surface area contributed by atoms with Crippen LogP contribution in [0.4, 0.5) is 0 Å². The maximum Gasteiger partial charge on any atom is 0.236 e. The maximum atomic E-state index is 11.9. The van der Waals surface area contributed by atoms with Gasteiger partial charge in [0.15, 0.2) is 0 Å². The fraction of sp³-hybridized carbons (Fsp3) is 0.615. The van der Waals surface area contributed by atoms with Crippen molar-refractivity contribution in [2.24, 2.45) is 0 Å². The number of hydrogen-bond acceptors (Lipinski definition) is 3. The molecule has 94 valence electrons. The molecule has 1 amide bonds. The van der Waals surface area contributed by atoms with Crippen LogP contribution in [0.5, 0.6) is 0 Å². The van der Waals surface area contributed by atoms with Crippen molar-refractivity contribution in [3.8, 4) is 0 Å². The SMILES string of the molecule is CN(Cc1cccs1)C(=O)CNC1CCCC1. The summed E-state index contributed by atoms with van der Waals surface area (Å²) in [7, 11) is 1.87. The van der Waals surface area contributed by atoms with Gasteiger partial charge in [0.2, 0.25) is 5.91 Å². The van der Waals surface area contributed by atoms with E-state index in [0.717, 1.165) is 6.54 Å². The number of rotatable bonds is 5. The summed E-state index contributed by atoms with van der Waals surface area (Å²) >= 11 is 1.70. The van der Waals surface area contributed by atoms with Gasteiger partial charge in [-0.3, -0.25) is 4.79 Å². The molecule has 1 aromatic heterocycles. The van der Waals surface area contributed by atoms with Crippen LogP contribution < -0.4 is 5.32 Å². The molecule has 17 heavy (non-hydrogen) atoms. The summed E-state index contributed by atoms with van der Waals surface area (Å²) in [6.45, 7) is 1.20. The van der Waals surface area contributed by atoms with Crippen LogP contribution in [0.25, 0.3) is 0 Å². The average Bonchev–Trinajstić information content (AvgIpc) is 2.98. The van der Waals surface area contributed by atoms with Crippen LogP contribution in [0.2, 0.25) is 0 Å². The van der Waals surface area contributed by atoms with Gasteiger partial charge in [0.25, 0.3) is 0 Å². The highest BCUT2D eigenvalue weighted by molar-refractivity contribution is 7.09. The molecule has 0 aliphatic heterocycles.